The minimum atomic E-state index is -0.162. The molecule has 1 atom stereocenters. The third kappa shape index (κ3) is 5.31. The Morgan fingerprint density at radius 2 is 1.88 bits per heavy atom. The van der Waals surface area contributed by atoms with Gasteiger partial charge in [0.1, 0.15) is 0 Å². The second kappa shape index (κ2) is 8.34. The smallest absolute Gasteiger partial charge is 0.251 e. The van der Waals surface area contributed by atoms with Crippen molar-refractivity contribution in [2.45, 2.75) is 31.8 Å². The van der Waals surface area contributed by atoms with Gasteiger partial charge in [-0.15, -0.1) is 0 Å². The van der Waals surface area contributed by atoms with Gasteiger partial charge in [-0.1, -0.05) is 29.8 Å². The van der Waals surface area contributed by atoms with Gasteiger partial charge in [-0.05, 0) is 55.7 Å². The molecule has 5 nitrogen and oxygen atoms in total. The predicted molar refractivity (Wildman–Crippen MR) is 103 cm³/mol. The number of hydrogen-bond donors (Lipinski definition) is 3. The van der Waals surface area contributed by atoms with Crippen molar-refractivity contribution in [3.63, 3.8) is 0 Å². The van der Waals surface area contributed by atoms with E-state index >= 15 is 0 Å². The van der Waals surface area contributed by atoms with E-state index in [0.717, 1.165) is 18.4 Å². The largest absolute Gasteiger partial charge is 0.349 e. The lowest BCUT2D eigenvalue weighted by Crippen LogP contribution is -2.30. The Morgan fingerprint density at radius 1 is 1.15 bits per heavy atom. The zero-order valence-electron chi connectivity index (χ0n) is 14.6. The lowest BCUT2D eigenvalue weighted by molar-refractivity contribution is -0.115. The first-order chi connectivity index (χ1) is 12.5. The molecule has 0 saturated heterocycles. The summed E-state index contributed by atoms with van der Waals surface area (Å²) in [5.74, 6) is -0.261. The van der Waals surface area contributed by atoms with E-state index in [4.69, 9.17) is 11.6 Å². The van der Waals surface area contributed by atoms with E-state index in [2.05, 4.69) is 16.0 Å². The number of anilines is 1. The molecule has 0 heterocycles. The molecule has 2 amide bonds. The zero-order valence-corrected chi connectivity index (χ0v) is 15.3. The molecule has 0 bridgehead atoms. The normalized spacial score (nSPS) is 14.5. The van der Waals surface area contributed by atoms with Crippen LogP contribution < -0.4 is 16.0 Å². The van der Waals surface area contributed by atoms with Crippen molar-refractivity contribution >= 4 is 29.1 Å². The summed E-state index contributed by atoms with van der Waals surface area (Å²) in [6.45, 7) is 2.15. The fourth-order valence-electron chi connectivity index (χ4n) is 2.55. The highest BCUT2D eigenvalue weighted by molar-refractivity contribution is 6.30. The van der Waals surface area contributed by atoms with Gasteiger partial charge in [-0.25, -0.2) is 0 Å². The average Bonchev–Trinajstić information content (AvgIpc) is 3.44. The molecule has 3 N–H and O–H groups in total. The first kappa shape index (κ1) is 18.4. The van der Waals surface area contributed by atoms with Crippen molar-refractivity contribution in [1.82, 2.24) is 10.6 Å². The number of amides is 2. The number of carbonyl (C=O) groups excluding carboxylic acids is 2. The minimum absolute atomic E-state index is 0.0219. The molecule has 0 spiro atoms. The highest BCUT2D eigenvalue weighted by Gasteiger charge is 2.23. The molecule has 2 aromatic rings. The number of nitrogens with one attached hydrogen (secondary N) is 3. The fourth-order valence-corrected chi connectivity index (χ4v) is 2.68. The highest BCUT2D eigenvalue weighted by atomic mass is 35.5. The molecule has 26 heavy (non-hydrogen) atoms. The molecular formula is C20H22ClN3O2. The SMILES string of the molecule is C[C@H](NCC(=O)Nc1cccc(C(=O)NC2CC2)c1)c1ccc(Cl)cc1. The van der Waals surface area contributed by atoms with E-state index in [1.807, 2.05) is 31.2 Å². The van der Waals surface area contributed by atoms with E-state index in [1.54, 1.807) is 24.3 Å². The molecule has 1 fully saturated rings. The Labute approximate surface area is 158 Å². The second-order valence-corrected chi connectivity index (χ2v) is 6.97. The highest BCUT2D eigenvalue weighted by Crippen LogP contribution is 2.20. The van der Waals surface area contributed by atoms with Crippen LogP contribution in [0, 0.1) is 0 Å². The summed E-state index contributed by atoms with van der Waals surface area (Å²) >= 11 is 5.89. The van der Waals surface area contributed by atoms with Crippen molar-refractivity contribution in [2.24, 2.45) is 0 Å². The van der Waals surface area contributed by atoms with E-state index < -0.39 is 0 Å². The summed E-state index contributed by atoms with van der Waals surface area (Å²) in [4.78, 5) is 24.3. The molecule has 2 aromatic carbocycles. The standard InChI is InChI=1S/C20H22ClN3O2/c1-13(14-5-7-16(21)8-6-14)22-12-19(25)23-18-4-2-3-15(11-18)20(26)24-17-9-10-17/h2-8,11,13,17,22H,9-10,12H2,1H3,(H,23,25)(H,24,26)/t13-/m0/s1. The summed E-state index contributed by atoms with van der Waals surface area (Å²) in [7, 11) is 0. The maximum absolute atomic E-state index is 12.2. The molecule has 0 unspecified atom stereocenters. The number of rotatable bonds is 7. The number of carbonyl (C=O) groups is 2. The van der Waals surface area contributed by atoms with Crippen molar-refractivity contribution in [3.05, 3.63) is 64.7 Å². The summed E-state index contributed by atoms with van der Waals surface area (Å²) < 4.78 is 0. The topological polar surface area (TPSA) is 70.2 Å². The second-order valence-electron chi connectivity index (χ2n) is 6.53. The van der Waals surface area contributed by atoms with Crippen molar-refractivity contribution < 1.29 is 9.59 Å². The van der Waals surface area contributed by atoms with E-state index in [9.17, 15) is 9.59 Å². The van der Waals surface area contributed by atoms with Crippen LogP contribution in [-0.4, -0.2) is 24.4 Å². The monoisotopic (exact) mass is 371 g/mol. The number of halogens is 1. The van der Waals surface area contributed by atoms with Gasteiger partial charge < -0.3 is 16.0 Å². The summed E-state index contributed by atoms with van der Waals surface area (Å²) in [6.07, 6.45) is 2.08. The van der Waals surface area contributed by atoms with Crippen LogP contribution >= 0.6 is 11.6 Å². The average molecular weight is 372 g/mol. The third-order valence-electron chi connectivity index (χ3n) is 4.26. The molecule has 6 heteroatoms. The molecule has 0 radical (unpaired) electrons. The summed E-state index contributed by atoms with van der Waals surface area (Å²) in [6, 6.07) is 14.8. The van der Waals surface area contributed by atoms with Crippen molar-refractivity contribution in [2.75, 3.05) is 11.9 Å². The van der Waals surface area contributed by atoms with E-state index in [0.29, 0.717) is 22.3 Å². The number of benzene rings is 2. The minimum Gasteiger partial charge on any atom is -0.349 e. The molecule has 3 rings (SSSR count). The number of hydrogen-bond acceptors (Lipinski definition) is 3. The molecule has 1 aliphatic carbocycles. The Hall–Kier alpha value is -2.37. The molecule has 1 saturated carbocycles. The summed E-state index contributed by atoms with van der Waals surface area (Å²) in [5, 5.41) is 9.62. The quantitative estimate of drug-likeness (QED) is 0.697. The Morgan fingerprint density at radius 3 is 2.58 bits per heavy atom. The molecule has 0 aliphatic heterocycles. The van der Waals surface area contributed by atoms with Crippen molar-refractivity contribution in [3.8, 4) is 0 Å². The van der Waals surface area contributed by atoms with Gasteiger partial charge in [-0.2, -0.15) is 0 Å². The predicted octanol–water partition coefficient (Wildman–Crippen LogP) is 3.52. The van der Waals surface area contributed by atoms with Crippen LogP contribution in [0.15, 0.2) is 48.5 Å². The van der Waals surface area contributed by atoms with Gasteiger partial charge in [0.2, 0.25) is 5.91 Å². The van der Waals surface area contributed by atoms with Crippen molar-refractivity contribution in [1.29, 1.82) is 0 Å². The van der Waals surface area contributed by atoms with Crippen LogP contribution in [-0.2, 0) is 4.79 Å². The van der Waals surface area contributed by atoms with Gasteiger partial charge in [-0.3, -0.25) is 9.59 Å². The van der Waals surface area contributed by atoms with E-state index in [-0.39, 0.29) is 24.4 Å². The van der Waals surface area contributed by atoms with Crippen LogP contribution in [0.3, 0.4) is 0 Å². The van der Waals surface area contributed by atoms with E-state index in [1.165, 1.54) is 0 Å². The maximum Gasteiger partial charge on any atom is 0.251 e. The Bertz CT molecular complexity index is 788. The van der Waals surface area contributed by atoms with Gasteiger partial charge in [0.25, 0.3) is 5.91 Å². The summed E-state index contributed by atoms with van der Waals surface area (Å²) in [5.41, 5.74) is 2.22. The Kier molecular flexibility index (Phi) is 5.91. The molecular weight excluding hydrogens is 350 g/mol. The maximum atomic E-state index is 12.2. The fraction of sp³-hybridized carbons (Fsp3) is 0.300. The van der Waals surface area contributed by atoms with Crippen LogP contribution in [0.2, 0.25) is 5.02 Å². The first-order valence-electron chi connectivity index (χ1n) is 8.71. The first-order valence-corrected chi connectivity index (χ1v) is 9.08. The molecule has 1 aliphatic rings. The van der Waals surface area contributed by atoms with Gasteiger partial charge >= 0.3 is 0 Å². The van der Waals surface area contributed by atoms with Gasteiger partial charge in [0, 0.05) is 28.4 Å². The Balaban J connectivity index is 1.51. The zero-order chi connectivity index (χ0) is 18.5. The van der Waals surface area contributed by atoms with Crippen LogP contribution in [0.25, 0.3) is 0 Å². The molecule has 0 aromatic heterocycles. The van der Waals surface area contributed by atoms with Gasteiger partial charge in [0.05, 0.1) is 6.54 Å². The lowest BCUT2D eigenvalue weighted by atomic mass is 10.1. The lowest BCUT2D eigenvalue weighted by Gasteiger charge is -2.14. The third-order valence-corrected chi connectivity index (χ3v) is 4.51. The van der Waals surface area contributed by atoms with Gasteiger partial charge in [0.15, 0.2) is 0 Å². The molecule has 136 valence electrons. The van der Waals surface area contributed by atoms with Crippen LogP contribution in [0.1, 0.15) is 41.7 Å². The van der Waals surface area contributed by atoms with Crippen LogP contribution in [0.4, 0.5) is 5.69 Å². The van der Waals surface area contributed by atoms with Crippen LogP contribution in [0.5, 0.6) is 0 Å².